The van der Waals surface area contributed by atoms with E-state index in [0.29, 0.717) is 5.57 Å². The van der Waals surface area contributed by atoms with Gasteiger partial charge in [0.1, 0.15) is 0 Å². The van der Waals surface area contributed by atoms with E-state index in [2.05, 4.69) is 6.92 Å². The summed E-state index contributed by atoms with van der Waals surface area (Å²) in [5.41, 5.74) is 0.669. The molecule has 0 saturated heterocycles. The van der Waals surface area contributed by atoms with E-state index in [1.165, 1.54) is 12.8 Å². The van der Waals surface area contributed by atoms with Crippen LogP contribution >= 0.6 is 11.6 Å². The number of carbonyl (C=O) groups excluding carboxylic acids is 1. The van der Waals surface area contributed by atoms with Crippen molar-refractivity contribution in [1.82, 2.24) is 0 Å². The second kappa shape index (κ2) is 6.41. The van der Waals surface area contributed by atoms with Crippen molar-refractivity contribution in [2.24, 2.45) is 0 Å². The van der Waals surface area contributed by atoms with Crippen LogP contribution in [0.3, 0.4) is 0 Å². The summed E-state index contributed by atoms with van der Waals surface area (Å²) in [5, 5.41) is -0.332. The lowest BCUT2D eigenvalue weighted by Crippen LogP contribution is -1.86. The molecule has 0 aliphatic heterocycles. The lowest BCUT2D eigenvalue weighted by Gasteiger charge is -1.93. The number of halogens is 1. The number of hydrogen-bond acceptors (Lipinski definition) is 1. The van der Waals surface area contributed by atoms with Gasteiger partial charge in [-0.15, -0.1) is 0 Å². The van der Waals surface area contributed by atoms with Gasteiger partial charge in [0.05, 0.1) is 0 Å². The average Bonchev–Trinajstić information content (AvgIpc) is 1.97. The van der Waals surface area contributed by atoms with Crippen molar-refractivity contribution in [3.8, 4) is 0 Å². The molecule has 0 aliphatic carbocycles. The van der Waals surface area contributed by atoms with Gasteiger partial charge in [0.25, 0.3) is 0 Å². The number of carbonyl (C=O) groups is 1. The first kappa shape index (κ1) is 10.7. The summed E-state index contributed by atoms with van der Waals surface area (Å²) in [6, 6.07) is 0. The zero-order valence-corrected chi connectivity index (χ0v) is 7.95. The molecule has 11 heavy (non-hydrogen) atoms. The average molecular weight is 175 g/mol. The largest absolute Gasteiger partial charge is 0.276 e. The molecule has 64 valence electrons. The van der Waals surface area contributed by atoms with Crippen LogP contribution in [0.2, 0.25) is 0 Å². The van der Waals surface area contributed by atoms with Gasteiger partial charge in [0.15, 0.2) is 0 Å². The minimum absolute atomic E-state index is 0.332. The lowest BCUT2D eigenvalue weighted by atomic mass is 10.1. The summed E-state index contributed by atoms with van der Waals surface area (Å²) in [6.45, 7) is 3.91. The van der Waals surface area contributed by atoms with E-state index < -0.39 is 0 Å². The van der Waals surface area contributed by atoms with Crippen molar-refractivity contribution in [2.45, 2.75) is 39.5 Å². The van der Waals surface area contributed by atoms with Gasteiger partial charge in [0, 0.05) is 5.57 Å². The van der Waals surface area contributed by atoms with Crippen LogP contribution < -0.4 is 0 Å². The first-order valence-electron chi connectivity index (χ1n) is 4.05. The molecular weight excluding hydrogens is 160 g/mol. The maximum atomic E-state index is 10.5. The number of hydrogen-bond donors (Lipinski definition) is 0. The van der Waals surface area contributed by atoms with Gasteiger partial charge in [0.2, 0.25) is 5.24 Å². The van der Waals surface area contributed by atoms with E-state index in [1.54, 1.807) is 6.92 Å². The summed E-state index contributed by atoms with van der Waals surface area (Å²) in [4.78, 5) is 10.5. The fourth-order valence-corrected chi connectivity index (χ4v) is 0.870. The topological polar surface area (TPSA) is 17.1 Å². The Morgan fingerprint density at radius 3 is 2.55 bits per heavy atom. The van der Waals surface area contributed by atoms with Crippen molar-refractivity contribution >= 4 is 16.8 Å². The maximum absolute atomic E-state index is 10.5. The molecule has 0 aromatic heterocycles. The Morgan fingerprint density at radius 1 is 1.45 bits per heavy atom. The second-order valence-corrected chi connectivity index (χ2v) is 3.00. The molecule has 0 aromatic carbocycles. The summed E-state index contributed by atoms with van der Waals surface area (Å²) < 4.78 is 0. The third kappa shape index (κ3) is 6.11. The van der Waals surface area contributed by atoms with E-state index in [4.69, 9.17) is 11.6 Å². The molecule has 0 N–H and O–H groups in total. The molecule has 0 rings (SSSR count). The molecule has 0 fully saturated rings. The van der Waals surface area contributed by atoms with E-state index in [0.717, 1.165) is 12.8 Å². The van der Waals surface area contributed by atoms with Gasteiger partial charge in [-0.05, 0) is 31.4 Å². The van der Waals surface area contributed by atoms with Crippen LogP contribution in [0, 0.1) is 0 Å². The van der Waals surface area contributed by atoms with Gasteiger partial charge in [-0.25, -0.2) is 0 Å². The Hall–Kier alpha value is -0.300. The molecule has 0 amide bonds. The van der Waals surface area contributed by atoms with Crippen LogP contribution in [-0.2, 0) is 4.79 Å². The Balaban J connectivity index is 3.48. The molecule has 0 heterocycles. The highest BCUT2D eigenvalue weighted by molar-refractivity contribution is 6.67. The molecule has 2 heteroatoms. The molecule has 0 atom stereocenters. The highest BCUT2D eigenvalue weighted by atomic mass is 35.5. The SMILES string of the molecule is CCCCC/C=C(\C)C(=O)Cl. The molecule has 0 bridgehead atoms. The fraction of sp³-hybridized carbons (Fsp3) is 0.667. The van der Waals surface area contributed by atoms with Gasteiger partial charge < -0.3 is 0 Å². The van der Waals surface area contributed by atoms with Crippen LogP contribution in [0.5, 0.6) is 0 Å². The zero-order valence-electron chi connectivity index (χ0n) is 7.19. The fourth-order valence-electron chi connectivity index (χ4n) is 0.793. The summed E-state index contributed by atoms with van der Waals surface area (Å²) in [6.07, 6.45) is 6.46. The Morgan fingerprint density at radius 2 is 2.09 bits per heavy atom. The molecular formula is C9H15ClO. The van der Waals surface area contributed by atoms with Crippen LogP contribution in [0.25, 0.3) is 0 Å². The molecule has 1 nitrogen and oxygen atoms in total. The smallest absolute Gasteiger partial charge is 0.247 e. The van der Waals surface area contributed by atoms with Crippen LogP contribution in [-0.4, -0.2) is 5.24 Å². The van der Waals surface area contributed by atoms with Gasteiger partial charge >= 0.3 is 0 Å². The number of unbranched alkanes of at least 4 members (excludes halogenated alkanes) is 3. The minimum atomic E-state index is -0.332. The minimum Gasteiger partial charge on any atom is -0.276 e. The van der Waals surface area contributed by atoms with Crippen molar-refractivity contribution in [1.29, 1.82) is 0 Å². The van der Waals surface area contributed by atoms with E-state index in [9.17, 15) is 4.79 Å². The van der Waals surface area contributed by atoms with Crippen molar-refractivity contribution in [2.75, 3.05) is 0 Å². The van der Waals surface area contributed by atoms with E-state index in [1.807, 2.05) is 6.08 Å². The summed E-state index contributed by atoms with van der Waals surface area (Å²) >= 11 is 5.23. The highest BCUT2D eigenvalue weighted by Gasteiger charge is 1.96. The quantitative estimate of drug-likeness (QED) is 0.355. The summed E-state index contributed by atoms with van der Waals surface area (Å²) in [7, 11) is 0. The molecule has 0 aromatic rings. The standard InChI is InChI=1S/C9H15ClO/c1-3-4-5-6-7-8(2)9(10)11/h7H,3-6H2,1-2H3/b8-7+. The first-order valence-corrected chi connectivity index (χ1v) is 4.43. The summed E-state index contributed by atoms with van der Waals surface area (Å²) in [5.74, 6) is 0. The number of rotatable bonds is 5. The van der Waals surface area contributed by atoms with Gasteiger partial charge in [-0.3, -0.25) is 4.79 Å². The molecule has 0 radical (unpaired) electrons. The van der Waals surface area contributed by atoms with Gasteiger partial charge in [-0.1, -0.05) is 25.8 Å². The zero-order chi connectivity index (χ0) is 8.69. The third-order valence-corrected chi connectivity index (χ3v) is 1.87. The van der Waals surface area contributed by atoms with Gasteiger partial charge in [-0.2, -0.15) is 0 Å². The second-order valence-electron chi connectivity index (χ2n) is 2.66. The van der Waals surface area contributed by atoms with Crippen molar-refractivity contribution < 1.29 is 4.79 Å². The molecule has 0 spiro atoms. The van der Waals surface area contributed by atoms with Crippen molar-refractivity contribution in [3.05, 3.63) is 11.6 Å². The third-order valence-electron chi connectivity index (χ3n) is 1.57. The Labute approximate surface area is 73.4 Å². The van der Waals surface area contributed by atoms with Crippen LogP contribution in [0.15, 0.2) is 11.6 Å². The molecule has 0 saturated carbocycles. The van der Waals surface area contributed by atoms with Crippen LogP contribution in [0.1, 0.15) is 39.5 Å². The van der Waals surface area contributed by atoms with Crippen LogP contribution in [0.4, 0.5) is 0 Å². The first-order chi connectivity index (χ1) is 5.18. The highest BCUT2D eigenvalue weighted by Crippen LogP contribution is 2.05. The van der Waals surface area contributed by atoms with Crippen molar-refractivity contribution in [3.63, 3.8) is 0 Å². The Kier molecular flexibility index (Phi) is 6.24. The Bertz CT molecular complexity index is 150. The predicted molar refractivity (Wildman–Crippen MR) is 48.8 cm³/mol. The normalized spacial score (nSPS) is 11.7. The molecule has 0 aliphatic rings. The van der Waals surface area contributed by atoms with E-state index in [-0.39, 0.29) is 5.24 Å². The van der Waals surface area contributed by atoms with E-state index >= 15 is 0 Å². The lowest BCUT2D eigenvalue weighted by molar-refractivity contribution is -0.108. The maximum Gasteiger partial charge on any atom is 0.247 e. The number of allylic oxidation sites excluding steroid dienone is 2. The predicted octanol–water partition coefficient (Wildman–Crippen LogP) is 3.28. The monoisotopic (exact) mass is 174 g/mol. The molecule has 0 unspecified atom stereocenters.